The molecule has 0 aromatic heterocycles. The van der Waals surface area contributed by atoms with Crippen molar-refractivity contribution in [3.8, 4) is 0 Å². The third kappa shape index (κ3) is 4.01. The molecule has 5 nitrogen and oxygen atoms in total. The first kappa shape index (κ1) is 18.5. The number of rotatable bonds is 3. The third-order valence-electron chi connectivity index (χ3n) is 4.87. The van der Waals surface area contributed by atoms with E-state index in [2.05, 4.69) is 10.6 Å². The Morgan fingerprint density at radius 1 is 0.964 bits per heavy atom. The first-order chi connectivity index (χ1) is 13.5. The third-order valence-corrected chi connectivity index (χ3v) is 4.87. The Morgan fingerprint density at radius 2 is 1.68 bits per heavy atom. The fourth-order valence-electron chi connectivity index (χ4n) is 3.52. The van der Waals surface area contributed by atoms with E-state index in [1.807, 2.05) is 86.6 Å². The molecule has 1 fully saturated rings. The highest BCUT2D eigenvalue weighted by atomic mass is 16.7. The highest BCUT2D eigenvalue weighted by molar-refractivity contribution is 6.01. The van der Waals surface area contributed by atoms with Crippen molar-refractivity contribution in [3.05, 3.63) is 78.4 Å². The standard InChI is InChI=1S/C23H24N2O3/c1-23(2)27-15-20(21(28-23)17-10-4-3-5-11-17)25-22(26)24-19-14-8-12-16-9-6-7-13-18(16)19/h3-14,20-21H,15H2,1-2H3,(H2,24,25,26)/t20-,21+/m0/s1. The fourth-order valence-corrected chi connectivity index (χ4v) is 3.52. The maximum atomic E-state index is 12.7. The zero-order valence-electron chi connectivity index (χ0n) is 16.0. The number of urea groups is 1. The van der Waals surface area contributed by atoms with Crippen LogP contribution in [0, 0.1) is 0 Å². The summed E-state index contributed by atoms with van der Waals surface area (Å²) < 4.78 is 11.9. The van der Waals surface area contributed by atoms with E-state index >= 15 is 0 Å². The first-order valence-electron chi connectivity index (χ1n) is 9.44. The van der Waals surface area contributed by atoms with Crippen LogP contribution in [0.1, 0.15) is 25.5 Å². The molecule has 3 aromatic carbocycles. The summed E-state index contributed by atoms with van der Waals surface area (Å²) in [5.41, 5.74) is 1.78. The molecule has 1 aliphatic heterocycles. The van der Waals surface area contributed by atoms with Crippen LogP contribution in [0.4, 0.5) is 10.5 Å². The van der Waals surface area contributed by atoms with Gasteiger partial charge >= 0.3 is 6.03 Å². The molecule has 0 bridgehead atoms. The van der Waals surface area contributed by atoms with Gasteiger partial charge in [-0.15, -0.1) is 0 Å². The van der Waals surface area contributed by atoms with Crippen LogP contribution in [0.15, 0.2) is 72.8 Å². The molecule has 1 aliphatic rings. The minimum Gasteiger partial charge on any atom is -0.348 e. The molecule has 3 aromatic rings. The quantitative estimate of drug-likeness (QED) is 0.687. The van der Waals surface area contributed by atoms with Gasteiger partial charge in [0.2, 0.25) is 0 Å². The molecule has 0 spiro atoms. The molecule has 0 radical (unpaired) electrons. The van der Waals surface area contributed by atoms with Gasteiger partial charge in [0.15, 0.2) is 5.79 Å². The molecule has 0 saturated carbocycles. The number of nitrogens with one attached hydrogen (secondary N) is 2. The van der Waals surface area contributed by atoms with Crippen molar-refractivity contribution in [1.29, 1.82) is 0 Å². The van der Waals surface area contributed by atoms with Crippen LogP contribution in [0.25, 0.3) is 10.8 Å². The predicted octanol–water partition coefficient (Wildman–Crippen LogP) is 4.85. The number of ether oxygens (including phenoxy) is 2. The number of hydrogen-bond acceptors (Lipinski definition) is 3. The maximum Gasteiger partial charge on any atom is 0.319 e. The second-order valence-corrected chi connectivity index (χ2v) is 7.39. The van der Waals surface area contributed by atoms with Crippen molar-refractivity contribution in [3.63, 3.8) is 0 Å². The monoisotopic (exact) mass is 376 g/mol. The van der Waals surface area contributed by atoms with Gasteiger partial charge < -0.3 is 20.1 Å². The van der Waals surface area contributed by atoms with Crippen LogP contribution in [0.2, 0.25) is 0 Å². The normalized spacial score (nSPS) is 21.2. The van der Waals surface area contributed by atoms with Gasteiger partial charge in [-0.3, -0.25) is 0 Å². The Labute approximate surface area is 164 Å². The number of carbonyl (C=O) groups is 1. The lowest BCUT2D eigenvalue weighted by Gasteiger charge is -2.41. The number of benzene rings is 3. The highest BCUT2D eigenvalue weighted by Gasteiger charge is 2.38. The number of fused-ring (bicyclic) bond motifs is 1. The van der Waals surface area contributed by atoms with Crippen LogP contribution in [0.5, 0.6) is 0 Å². The summed E-state index contributed by atoms with van der Waals surface area (Å²) in [6.45, 7) is 4.14. The molecule has 4 rings (SSSR count). The molecule has 0 aliphatic carbocycles. The van der Waals surface area contributed by atoms with E-state index in [-0.39, 0.29) is 18.2 Å². The number of carbonyl (C=O) groups excluding carboxylic acids is 1. The minimum atomic E-state index is -0.704. The van der Waals surface area contributed by atoms with Crippen molar-refractivity contribution < 1.29 is 14.3 Å². The lowest BCUT2D eigenvalue weighted by atomic mass is 10.0. The molecule has 1 heterocycles. The predicted molar refractivity (Wildman–Crippen MR) is 110 cm³/mol. The molecular weight excluding hydrogens is 352 g/mol. The van der Waals surface area contributed by atoms with Gasteiger partial charge in [0.05, 0.1) is 18.3 Å². The maximum absolute atomic E-state index is 12.7. The van der Waals surface area contributed by atoms with E-state index in [9.17, 15) is 4.79 Å². The minimum absolute atomic E-state index is 0.283. The van der Waals surface area contributed by atoms with Gasteiger partial charge in [-0.05, 0) is 30.9 Å². The van der Waals surface area contributed by atoms with Crippen molar-refractivity contribution in [2.75, 3.05) is 11.9 Å². The number of hydrogen-bond donors (Lipinski definition) is 2. The van der Waals surface area contributed by atoms with Gasteiger partial charge in [0.25, 0.3) is 0 Å². The van der Waals surface area contributed by atoms with E-state index in [0.29, 0.717) is 6.61 Å². The first-order valence-corrected chi connectivity index (χ1v) is 9.44. The van der Waals surface area contributed by atoms with Crippen molar-refractivity contribution in [2.24, 2.45) is 0 Å². The molecule has 1 saturated heterocycles. The van der Waals surface area contributed by atoms with E-state index < -0.39 is 5.79 Å². The van der Waals surface area contributed by atoms with Gasteiger partial charge in [-0.2, -0.15) is 0 Å². The van der Waals surface area contributed by atoms with E-state index in [1.54, 1.807) is 0 Å². The molecular formula is C23H24N2O3. The van der Waals surface area contributed by atoms with E-state index in [0.717, 1.165) is 22.0 Å². The highest BCUT2D eigenvalue weighted by Crippen LogP contribution is 2.33. The molecule has 2 N–H and O–H groups in total. The summed E-state index contributed by atoms with van der Waals surface area (Å²) in [7, 11) is 0. The SMILES string of the molecule is CC1(C)OC[C@H](NC(=O)Nc2cccc3ccccc23)[C@@H](c2ccccc2)O1. The molecule has 2 atom stereocenters. The fraction of sp³-hybridized carbons (Fsp3) is 0.261. The smallest absolute Gasteiger partial charge is 0.319 e. The lowest BCUT2D eigenvalue weighted by Crippen LogP contribution is -2.52. The molecule has 28 heavy (non-hydrogen) atoms. The topological polar surface area (TPSA) is 59.6 Å². The Bertz CT molecular complexity index is 967. The van der Waals surface area contributed by atoms with Gasteiger partial charge in [-0.1, -0.05) is 66.7 Å². The van der Waals surface area contributed by atoms with Crippen molar-refractivity contribution in [1.82, 2.24) is 5.32 Å². The van der Waals surface area contributed by atoms with Crippen LogP contribution in [0.3, 0.4) is 0 Å². The van der Waals surface area contributed by atoms with Crippen molar-refractivity contribution in [2.45, 2.75) is 31.8 Å². The zero-order chi connectivity index (χ0) is 19.6. The summed E-state index contributed by atoms with van der Waals surface area (Å²) in [4.78, 5) is 12.7. The Kier molecular flexibility index (Phi) is 5.03. The van der Waals surface area contributed by atoms with Gasteiger partial charge in [-0.25, -0.2) is 4.79 Å². The van der Waals surface area contributed by atoms with Crippen LogP contribution in [-0.4, -0.2) is 24.5 Å². The summed E-state index contributed by atoms with van der Waals surface area (Å²) in [6, 6.07) is 23.1. The Balaban J connectivity index is 1.52. The number of anilines is 1. The van der Waals surface area contributed by atoms with Crippen molar-refractivity contribution >= 4 is 22.5 Å². The molecule has 0 unspecified atom stereocenters. The number of amides is 2. The second-order valence-electron chi connectivity index (χ2n) is 7.39. The average Bonchev–Trinajstić information content (AvgIpc) is 2.70. The molecule has 5 heteroatoms. The summed E-state index contributed by atoms with van der Waals surface area (Å²) in [5.74, 6) is -0.704. The van der Waals surface area contributed by atoms with Gasteiger partial charge in [0.1, 0.15) is 6.10 Å². The second kappa shape index (κ2) is 7.62. The van der Waals surface area contributed by atoms with E-state index in [4.69, 9.17) is 9.47 Å². The average molecular weight is 376 g/mol. The van der Waals surface area contributed by atoms with Crippen LogP contribution < -0.4 is 10.6 Å². The summed E-state index contributed by atoms with van der Waals surface area (Å²) in [5, 5.41) is 8.06. The molecule has 2 amide bonds. The van der Waals surface area contributed by atoms with Gasteiger partial charge in [0, 0.05) is 5.39 Å². The van der Waals surface area contributed by atoms with E-state index in [1.165, 1.54) is 0 Å². The summed E-state index contributed by atoms with van der Waals surface area (Å²) in [6.07, 6.45) is -0.289. The van der Waals surface area contributed by atoms with Crippen LogP contribution in [-0.2, 0) is 9.47 Å². The van der Waals surface area contributed by atoms with Crippen LogP contribution >= 0.6 is 0 Å². The largest absolute Gasteiger partial charge is 0.348 e. The lowest BCUT2D eigenvalue weighted by molar-refractivity contribution is -0.284. The molecule has 144 valence electrons. The summed E-state index contributed by atoms with van der Waals surface area (Å²) >= 11 is 0. The zero-order valence-corrected chi connectivity index (χ0v) is 16.0. The Morgan fingerprint density at radius 3 is 2.50 bits per heavy atom. The Hall–Kier alpha value is -2.89.